The minimum Gasteiger partial charge on any atom is -0.617 e. The van der Waals surface area contributed by atoms with E-state index in [2.05, 4.69) is 12.0 Å². The van der Waals surface area contributed by atoms with Crippen molar-refractivity contribution in [1.82, 2.24) is 5.32 Å². The predicted octanol–water partition coefficient (Wildman–Crippen LogP) is -3.16. The molecule has 0 aromatic rings. The second kappa shape index (κ2) is 9.43. The van der Waals surface area contributed by atoms with Gasteiger partial charge in [0.25, 0.3) is 0 Å². The van der Waals surface area contributed by atoms with Crippen molar-refractivity contribution >= 4 is 18.5 Å². The average Bonchev–Trinajstić information content (AvgIpc) is 2.66. The Morgan fingerprint density at radius 2 is 1.79 bits per heavy atom. The van der Waals surface area contributed by atoms with Crippen molar-refractivity contribution in [2.24, 2.45) is 5.92 Å². The van der Waals surface area contributed by atoms with Crippen molar-refractivity contribution in [3.05, 3.63) is 5.21 Å². The maximum Gasteiger partial charge on any atom is 0.426 e. The minimum absolute atomic E-state index is 0.198. The number of amides is 2. The van der Waals surface area contributed by atoms with E-state index >= 15 is 0 Å². The molecule has 12 heteroatoms. The van der Waals surface area contributed by atoms with Crippen LogP contribution in [0.3, 0.4) is 0 Å². The molecule has 12 nitrogen and oxygen atoms in total. The molecule has 2 aliphatic heterocycles. The van der Waals surface area contributed by atoms with Crippen LogP contribution in [0.4, 0.5) is 0 Å². The van der Waals surface area contributed by atoms with E-state index in [4.69, 9.17) is 14.2 Å². The molecule has 0 aromatic heterocycles. The highest BCUT2D eigenvalue weighted by molar-refractivity contribution is 5.75. The molecule has 2 amide bonds. The van der Waals surface area contributed by atoms with Crippen LogP contribution in [0.2, 0.25) is 0 Å². The third-order valence-electron chi connectivity index (χ3n) is 5.22. The van der Waals surface area contributed by atoms with Gasteiger partial charge in [-0.1, -0.05) is 6.92 Å². The lowest BCUT2D eigenvalue weighted by molar-refractivity contribution is -0.397. The van der Waals surface area contributed by atoms with Crippen molar-refractivity contribution in [1.29, 1.82) is 0 Å². The first-order valence-electron chi connectivity index (χ1n) is 9.19. The van der Waals surface area contributed by atoms with Gasteiger partial charge in [0.15, 0.2) is 12.4 Å². The predicted molar refractivity (Wildman–Crippen MR) is 95.5 cm³/mol. The molecule has 5 N–H and O–H groups in total. The number of rotatable bonds is 5. The maximum absolute atomic E-state index is 12.0. The molecule has 0 bridgehead atoms. The number of aliphatic hydroxyl groups excluding tert-OH is 4. The number of hydrogen-bond donors (Lipinski definition) is 5. The summed E-state index contributed by atoms with van der Waals surface area (Å²) in [6.45, 7) is 6.65. The van der Waals surface area contributed by atoms with Crippen LogP contribution in [0.5, 0.6) is 0 Å². The Hall–Kier alpha value is -1.67. The van der Waals surface area contributed by atoms with E-state index in [1.807, 2.05) is 0 Å². The summed E-state index contributed by atoms with van der Waals surface area (Å²) in [5.41, 5.74) is 0. The molecule has 29 heavy (non-hydrogen) atoms. The van der Waals surface area contributed by atoms with Crippen LogP contribution in [-0.2, 0) is 23.8 Å². The summed E-state index contributed by atoms with van der Waals surface area (Å²) in [4.78, 5) is 23.6. The van der Waals surface area contributed by atoms with Crippen molar-refractivity contribution in [2.45, 2.75) is 75.8 Å². The molecule has 6 unspecified atom stereocenters. The van der Waals surface area contributed by atoms with Gasteiger partial charge in [-0.15, -0.1) is 4.74 Å². The van der Waals surface area contributed by atoms with Gasteiger partial charge in [0.05, 0.1) is 24.9 Å². The van der Waals surface area contributed by atoms with Crippen LogP contribution in [0.25, 0.3) is 0 Å². The van der Waals surface area contributed by atoms with Crippen LogP contribution < -0.4 is 5.32 Å². The number of nitrogens with zero attached hydrogens (tertiary/aromatic N) is 1. The van der Waals surface area contributed by atoms with Gasteiger partial charge in [0.1, 0.15) is 31.1 Å². The molecule has 2 fully saturated rings. The summed E-state index contributed by atoms with van der Waals surface area (Å²) < 4.78 is 16.4. The summed E-state index contributed by atoms with van der Waals surface area (Å²) in [5.74, 6) is -2.46. The maximum atomic E-state index is 12.0. The quantitative estimate of drug-likeness (QED) is 0.132. The summed E-state index contributed by atoms with van der Waals surface area (Å²) >= 11 is 0. The van der Waals surface area contributed by atoms with Crippen molar-refractivity contribution < 1.29 is 49.0 Å². The third kappa shape index (κ3) is 4.91. The third-order valence-corrected chi connectivity index (χ3v) is 5.22. The average molecular weight is 420 g/mol. The molecule has 0 spiro atoms. The molecule has 10 atom stereocenters. The Morgan fingerprint density at radius 3 is 2.31 bits per heavy atom. The van der Waals surface area contributed by atoms with Crippen LogP contribution in [-0.4, -0.2) is 105 Å². The molecule has 2 heterocycles. The van der Waals surface area contributed by atoms with Gasteiger partial charge in [-0.2, -0.15) is 0 Å². The van der Waals surface area contributed by atoms with Crippen molar-refractivity contribution in [3.63, 3.8) is 0 Å². The number of nitrogens with one attached hydrogen (secondary N) is 1. The van der Waals surface area contributed by atoms with E-state index in [-0.39, 0.29) is 4.74 Å². The van der Waals surface area contributed by atoms with Gasteiger partial charge >= 0.3 is 5.91 Å². The Balaban J connectivity index is 2.28. The number of aliphatic hydroxyl groups is 4. The van der Waals surface area contributed by atoms with E-state index in [1.54, 1.807) is 6.92 Å². The van der Waals surface area contributed by atoms with E-state index in [1.165, 1.54) is 13.8 Å². The summed E-state index contributed by atoms with van der Waals surface area (Å²) in [5, 5.41) is 54.4. The largest absolute Gasteiger partial charge is 0.617 e. The number of ether oxygens (including phenoxy) is 3. The highest BCUT2D eigenvalue weighted by Crippen LogP contribution is 2.31. The molecule has 2 rings (SSSR count). The van der Waals surface area contributed by atoms with Crippen molar-refractivity contribution in [2.75, 3.05) is 6.61 Å². The fourth-order valence-electron chi connectivity index (χ4n) is 3.57. The summed E-state index contributed by atoms with van der Waals surface area (Å²) in [6, 6.07) is -0.893. The topological polar surface area (TPSA) is 181 Å². The zero-order valence-corrected chi connectivity index (χ0v) is 16.4. The zero-order chi connectivity index (χ0) is 22.0. The molecule has 2 saturated heterocycles. The van der Waals surface area contributed by atoms with Crippen LogP contribution in [0.15, 0.2) is 0 Å². The standard InChI is InChI=1S/C17H28N2O10/c1-6-11(22)13(24)17(28-14(6)16(25)19(4)26)29-15-10(18-8(3)21)7(2)27-9(5-20)12(15)23/h6-7,9-15,17,20,22-24H,4-5H2,1-3H3,(H,18,21)/t6-,7-,9?,10?,11?,12+,13?,14?,15?,17-/m0/s1. The normalized spacial score (nSPS) is 42.9. The minimum atomic E-state index is -1.62. The molecular weight excluding hydrogens is 392 g/mol. The molecule has 0 aliphatic carbocycles. The fraction of sp³-hybridized carbons (Fsp3) is 0.824. The van der Waals surface area contributed by atoms with E-state index < -0.39 is 79.4 Å². The first kappa shape index (κ1) is 23.6. The highest BCUT2D eigenvalue weighted by Gasteiger charge is 2.52. The van der Waals surface area contributed by atoms with Gasteiger partial charge < -0.3 is 45.2 Å². The molecule has 166 valence electrons. The van der Waals surface area contributed by atoms with Crippen LogP contribution in [0.1, 0.15) is 20.8 Å². The lowest BCUT2D eigenvalue weighted by atomic mass is 9.89. The van der Waals surface area contributed by atoms with Gasteiger partial charge in [-0.05, 0) is 6.92 Å². The fourth-order valence-corrected chi connectivity index (χ4v) is 3.57. The first-order valence-corrected chi connectivity index (χ1v) is 9.19. The molecule has 0 radical (unpaired) electrons. The van der Waals surface area contributed by atoms with Gasteiger partial charge in [-0.3, -0.25) is 4.79 Å². The number of hydrogen-bond acceptors (Lipinski definition) is 10. The van der Waals surface area contributed by atoms with E-state index in [0.717, 1.165) is 0 Å². The number of hydroxylamine groups is 1. The lowest BCUT2D eigenvalue weighted by Crippen LogP contribution is -2.66. The SMILES string of the molecule is C=[N+]([O-])C(=O)C1O[C@@H](OC2C(NC(C)=O)[C@H](C)OC(CO)[C@H]2O)C(O)C(O)[C@@H]1C. The Bertz CT molecular complexity index is 631. The summed E-state index contributed by atoms with van der Waals surface area (Å²) in [6.07, 6.45) is -10.6. The monoisotopic (exact) mass is 420 g/mol. The van der Waals surface area contributed by atoms with E-state index in [9.17, 15) is 35.2 Å². The van der Waals surface area contributed by atoms with Crippen molar-refractivity contribution in [3.8, 4) is 0 Å². The number of carbonyl (C=O) groups excluding carboxylic acids is 2. The van der Waals surface area contributed by atoms with Gasteiger partial charge in [0.2, 0.25) is 5.91 Å². The van der Waals surface area contributed by atoms with Gasteiger partial charge in [0, 0.05) is 12.8 Å². The van der Waals surface area contributed by atoms with E-state index in [0.29, 0.717) is 0 Å². The molecule has 0 aromatic carbocycles. The van der Waals surface area contributed by atoms with Gasteiger partial charge in [-0.25, -0.2) is 4.79 Å². The first-order chi connectivity index (χ1) is 13.5. The zero-order valence-electron chi connectivity index (χ0n) is 16.4. The Labute approximate surface area is 167 Å². The Morgan fingerprint density at radius 1 is 1.17 bits per heavy atom. The highest BCUT2D eigenvalue weighted by atomic mass is 16.7. The molecule has 2 aliphatic rings. The van der Waals surface area contributed by atoms with Crippen LogP contribution >= 0.6 is 0 Å². The molecule has 0 saturated carbocycles. The summed E-state index contributed by atoms with van der Waals surface area (Å²) in [7, 11) is 0. The second-order valence-electron chi connectivity index (χ2n) is 7.36. The molecular formula is C17H28N2O10. The smallest absolute Gasteiger partial charge is 0.426 e. The second-order valence-corrected chi connectivity index (χ2v) is 7.36. The van der Waals surface area contributed by atoms with Crippen LogP contribution in [0, 0.1) is 11.1 Å². The Kier molecular flexibility index (Phi) is 7.67. The lowest BCUT2D eigenvalue weighted by Gasteiger charge is -2.47. The number of carbonyl (C=O) groups is 2.